The number of rotatable bonds is 7. The molecule has 1 aliphatic rings. The highest BCUT2D eigenvalue weighted by Gasteiger charge is 2.41. The van der Waals surface area contributed by atoms with Gasteiger partial charge in [-0.25, -0.2) is 23.8 Å². The van der Waals surface area contributed by atoms with Crippen LogP contribution in [-0.4, -0.2) is 56.4 Å². The Morgan fingerprint density at radius 1 is 1.24 bits per heavy atom. The Morgan fingerprint density at radius 2 is 2.00 bits per heavy atom. The molecule has 2 heterocycles. The first-order valence-electron chi connectivity index (χ1n) is 10.5. The number of carbonyl (C=O) groups excluding carboxylic acids is 2. The summed E-state index contributed by atoms with van der Waals surface area (Å²) in [5, 5.41) is 12.7. The number of nitrogens with zero attached hydrogens (tertiary/aromatic N) is 2. The van der Waals surface area contributed by atoms with E-state index in [4.69, 9.17) is 4.74 Å². The Kier molecular flexibility index (Phi) is 7.73. The maximum absolute atomic E-state index is 13.3. The molecule has 1 aromatic heterocycles. The molecule has 1 aliphatic heterocycles. The zero-order chi connectivity index (χ0) is 24.1. The molecule has 3 aromatic rings. The Bertz CT molecular complexity index is 1150. The second kappa shape index (κ2) is 10.9. The zero-order valence-electron chi connectivity index (χ0n) is 18.3. The van der Waals surface area contributed by atoms with Crippen LogP contribution in [0.4, 0.5) is 4.79 Å². The van der Waals surface area contributed by atoms with Crippen molar-refractivity contribution in [2.45, 2.75) is 36.4 Å². The van der Waals surface area contributed by atoms with E-state index in [1.807, 2.05) is 24.3 Å². The number of fused-ring (bicyclic) bond motifs is 1. The van der Waals surface area contributed by atoms with Crippen LogP contribution in [0, 0.1) is 0 Å². The maximum Gasteiger partial charge on any atom is 0.407 e. The van der Waals surface area contributed by atoms with E-state index in [0.717, 1.165) is 15.2 Å². The molecule has 3 atom stereocenters. The van der Waals surface area contributed by atoms with Crippen molar-refractivity contribution in [1.29, 1.82) is 0 Å². The van der Waals surface area contributed by atoms with Crippen molar-refractivity contribution in [3.05, 3.63) is 53.5 Å². The lowest BCUT2D eigenvalue weighted by molar-refractivity contribution is -0.134. The van der Waals surface area contributed by atoms with Crippen molar-refractivity contribution in [1.82, 2.24) is 20.1 Å². The van der Waals surface area contributed by atoms with Gasteiger partial charge in [0.15, 0.2) is 0 Å². The van der Waals surface area contributed by atoms with Crippen LogP contribution < -0.4 is 15.5 Å². The van der Waals surface area contributed by atoms with Crippen LogP contribution in [0.1, 0.15) is 17.8 Å². The maximum atomic E-state index is 13.3. The van der Waals surface area contributed by atoms with Gasteiger partial charge in [0, 0.05) is 6.54 Å². The SMILES string of the molecule is COC(=O)N[C@H]1CCCN(S(=O)c2ccc(OCc3nc4ccccc4s3)cc2)[C@H]1C(=O)NO. The first-order valence-corrected chi connectivity index (χ1v) is 12.5. The van der Waals surface area contributed by atoms with Crippen molar-refractivity contribution < 1.29 is 28.5 Å². The first kappa shape index (κ1) is 24.1. The molecule has 2 amide bonds. The van der Waals surface area contributed by atoms with Gasteiger partial charge in [0.2, 0.25) is 0 Å². The number of hydrogen-bond donors (Lipinski definition) is 3. The summed E-state index contributed by atoms with van der Waals surface area (Å²) in [5.74, 6) is -0.168. The van der Waals surface area contributed by atoms with Gasteiger partial charge in [0.25, 0.3) is 5.91 Å². The van der Waals surface area contributed by atoms with Crippen molar-refractivity contribution in [3.8, 4) is 5.75 Å². The molecule has 34 heavy (non-hydrogen) atoms. The van der Waals surface area contributed by atoms with Crippen molar-refractivity contribution in [2.24, 2.45) is 0 Å². The molecule has 0 bridgehead atoms. The van der Waals surface area contributed by atoms with Crippen LogP contribution in [0.25, 0.3) is 10.2 Å². The summed E-state index contributed by atoms with van der Waals surface area (Å²) in [4.78, 5) is 29.1. The van der Waals surface area contributed by atoms with Gasteiger partial charge in [-0.1, -0.05) is 12.1 Å². The number of alkyl carbamates (subject to hydrolysis) is 1. The largest absolute Gasteiger partial charge is 0.486 e. The summed E-state index contributed by atoms with van der Waals surface area (Å²) in [7, 11) is -0.497. The van der Waals surface area contributed by atoms with Gasteiger partial charge in [-0.2, -0.15) is 0 Å². The number of hydroxylamine groups is 1. The van der Waals surface area contributed by atoms with E-state index in [0.29, 0.717) is 36.6 Å². The van der Waals surface area contributed by atoms with Crippen molar-refractivity contribution in [3.63, 3.8) is 0 Å². The van der Waals surface area contributed by atoms with Gasteiger partial charge in [-0.05, 0) is 49.2 Å². The average molecular weight is 505 g/mol. The predicted octanol–water partition coefficient (Wildman–Crippen LogP) is 2.59. The third kappa shape index (κ3) is 5.36. The molecular weight excluding hydrogens is 480 g/mol. The molecule has 10 nitrogen and oxygen atoms in total. The molecule has 1 fully saturated rings. The zero-order valence-corrected chi connectivity index (χ0v) is 19.9. The molecule has 0 aliphatic carbocycles. The number of ether oxygens (including phenoxy) is 2. The van der Waals surface area contributed by atoms with E-state index >= 15 is 0 Å². The highest BCUT2D eigenvalue weighted by Crippen LogP contribution is 2.26. The molecule has 12 heteroatoms. The lowest BCUT2D eigenvalue weighted by Crippen LogP contribution is -2.61. The lowest BCUT2D eigenvalue weighted by atomic mass is 9.98. The highest BCUT2D eigenvalue weighted by atomic mass is 32.2. The number of amides is 2. The summed E-state index contributed by atoms with van der Waals surface area (Å²) in [5.41, 5.74) is 2.54. The fourth-order valence-electron chi connectivity index (χ4n) is 3.81. The predicted molar refractivity (Wildman–Crippen MR) is 126 cm³/mol. The van der Waals surface area contributed by atoms with Crippen LogP contribution in [0.2, 0.25) is 0 Å². The number of piperidine rings is 1. The number of aromatic nitrogens is 1. The Morgan fingerprint density at radius 3 is 2.71 bits per heavy atom. The standard InChI is InChI=1S/C22H24N4O6S2/c1-31-22(28)24-17-6-4-12-26(20(17)21(27)25-29)34(30)15-10-8-14(9-11-15)32-13-19-23-16-5-2-3-7-18(16)33-19/h2-3,5,7-11,17,20,29H,4,6,12-13H2,1H3,(H,24,28)(H,25,27)/t17-,20+,34?/m0/s1. The highest BCUT2D eigenvalue weighted by molar-refractivity contribution is 7.82. The van der Waals surface area contributed by atoms with E-state index in [1.165, 1.54) is 11.4 Å². The number of carbonyl (C=O) groups is 2. The average Bonchev–Trinajstić information content (AvgIpc) is 3.30. The second-order valence-corrected chi connectivity index (χ2v) is 10.1. The van der Waals surface area contributed by atoms with E-state index in [2.05, 4.69) is 15.0 Å². The molecule has 3 N–H and O–H groups in total. The second-order valence-electron chi connectivity index (χ2n) is 7.53. The normalized spacial score (nSPS) is 19.4. The van der Waals surface area contributed by atoms with Gasteiger partial charge >= 0.3 is 6.09 Å². The summed E-state index contributed by atoms with van der Waals surface area (Å²) in [6, 6.07) is 12.9. The van der Waals surface area contributed by atoms with Crippen LogP contribution in [0.5, 0.6) is 5.75 Å². The van der Waals surface area contributed by atoms with Crippen LogP contribution in [0.15, 0.2) is 53.4 Å². The number of para-hydroxylation sites is 1. The van der Waals surface area contributed by atoms with E-state index < -0.39 is 35.1 Å². The third-order valence-electron chi connectivity index (χ3n) is 5.39. The van der Waals surface area contributed by atoms with Gasteiger partial charge in [-0.15, -0.1) is 11.3 Å². The van der Waals surface area contributed by atoms with Gasteiger partial charge < -0.3 is 14.8 Å². The molecule has 180 valence electrons. The van der Waals surface area contributed by atoms with Crippen LogP contribution in [0.3, 0.4) is 0 Å². The molecule has 1 saturated heterocycles. The topological polar surface area (TPSA) is 130 Å². The molecule has 2 aromatic carbocycles. The lowest BCUT2D eigenvalue weighted by Gasteiger charge is -2.38. The smallest absolute Gasteiger partial charge is 0.407 e. The monoisotopic (exact) mass is 504 g/mol. The number of thiazole rings is 1. The number of hydrogen-bond acceptors (Lipinski definition) is 8. The van der Waals surface area contributed by atoms with Crippen molar-refractivity contribution >= 4 is 44.5 Å². The Balaban J connectivity index is 1.44. The molecule has 0 spiro atoms. The van der Waals surface area contributed by atoms with Crippen molar-refractivity contribution in [2.75, 3.05) is 13.7 Å². The summed E-state index contributed by atoms with van der Waals surface area (Å²) in [6.45, 7) is 0.660. The van der Waals surface area contributed by atoms with Gasteiger partial charge in [0.1, 0.15) is 34.4 Å². The molecular formula is C22H24N4O6S2. The third-order valence-corrected chi connectivity index (χ3v) is 7.91. The van der Waals surface area contributed by atoms with E-state index in [9.17, 15) is 19.0 Å². The van der Waals surface area contributed by atoms with E-state index in [1.54, 1.807) is 41.1 Å². The minimum absolute atomic E-state index is 0.313. The fourth-order valence-corrected chi connectivity index (χ4v) is 6.07. The fraction of sp³-hybridized carbons (Fsp3) is 0.318. The molecule has 4 rings (SSSR count). The summed E-state index contributed by atoms with van der Waals surface area (Å²) >= 11 is 1.57. The number of methoxy groups -OCH3 is 1. The summed E-state index contributed by atoms with van der Waals surface area (Å²) < 4.78 is 26.3. The quantitative estimate of drug-likeness (QED) is 0.333. The number of benzene rings is 2. The van der Waals surface area contributed by atoms with Gasteiger partial charge in [-0.3, -0.25) is 10.0 Å². The Hall–Kier alpha value is -3.06. The molecule has 0 saturated carbocycles. The van der Waals surface area contributed by atoms with Crippen LogP contribution >= 0.6 is 11.3 Å². The van der Waals surface area contributed by atoms with Crippen LogP contribution in [-0.2, 0) is 27.1 Å². The number of nitrogens with one attached hydrogen (secondary N) is 2. The first-order chi connectivity index (χ1) is 16.5. The minimum atomic E-state index is -1.71. The summed E-state index contributed by atoms with van der Waals surface area (Å²) in [6.07, 6.45) is 0.362. The Labute approximate surface area is 202 Å². The minimum Gasteiger partial charge on any atom is -0.486 e. The van der Waals surface area contributed by atoms with E-state index in [-0.39, 0.29) is 0 Å². The van der Waals surface area contributed by atoms with Gasteiger partial charge in [0.05, 0.1) is 28.3 Å². The molecule has 0 radical (unpaired) electrons. The molecule has 1 unspecified atom stereocenters.